The molecule has 0 spiro atoms. The largest absolute Gasteiger partial charge is 0.393 e. The third-order valence-electron chi connectivity index (χ3n) is 5.59. The molecule has 0 bridgehead atoms. The lowest BCUT2D eigenvalue weighted by atomic mass is 9.92. The van der Waals surface area contributed by atoms with Gasteiger partial charge in [-0.15, -0.1) is 0 Å². The number of nitrogens with one attached hydrogen (secondary N) is 1. The molecule has 0 aromatic rings. The molecule has 2 N–H and O–H groups in total. The van der Waals surface area contributed by atoms with Crippen LogP contribution >= 0.6 is 0 Å². The molecule has 2 aliphatic rings. The fourth-order valence-corrected chi connectivity index (χ4v) is 3.75. The second kappa shape index (κ2) is 9.59. The third-order valence-corrected chi connectivity index (χ3v) is 5.59. The molecule has 2 amide bonds. The lowest BCUT2D eigenvalue weighted by molar-refractivity contribution is 0.0794. The zero-order chi connectivity index (χ0) is 17.5. The molecule has 2 fully saturated rings. The average Bonchev–Trinajstić information content (AvgIpc) is 2.60. The monoisotopic (exact) mass is 340 g/mol. The molecule has 2 unspecified atom stereocenters. The van der Waals surface area contributed by atoms with Crippen LogP contribution in [0, 0.1) is 11.8 Å². The summed E-state index contributed by atoms with van der Waals surface area (Å²) in [6.45, 7) is 15.3. The van der Waals surface area contributed by atoms with Crippen LogP contribution in [0.15, 0.2) is 0 Å². The standard InChI is InChI=1S/C18H36N4O2/c1-4-20-9-11-21(12-10-20)14-15(2)13-19-18(24)22-7-5-17(6-8-22)16(3)23/h15-17,23H,4-14H2,1-3H3,(H,19,24). The van der Waals surface area contributed by atoms with Crippen LogP contribution < -0.4 is 5.32 Å². The van der Waals surface area contributed by atoms with Gasteiger partial charge in [0.1, 0.15) is 0 Å². The van der Waals surface area contributed by atoms with Crippen LogP contribution in [-0.2, 0) is 0 Å². The quantitative estimate of drug-likeness (QED) is 0.759. The first-order valence-corrected chi connectivity index (χ1v) is 9.65. The number of likely N-dealkylation sites (tertiary alicyclic amines) is 1. The first-order chi connectivity index (χ1) is 11.5. The number of rotatable bonds is 6. The van der Waals surface area contributed by atoms with E-state index in [-0.39, 0.29) is 12.1 Å². The molecule has 0 radical (unpaired) electrons. The van der Waals surface area contributed by atoms with Crippen molar-refractivity contribution in [1.82, 2.24) is 20.0 Å². The van der Waals surface area contributed by atoms with Crippen LogP contribution in [0.5, 0.6) is 0 Å². The molecule has 2 saturated heterocycles. The fourth-order valence-electron chi connectivity index (χ4n) is 3.75. The van der Waals surface area contributed by atoms with Crippen LogP contribution in [0.4, 0.5) is 4.79 Å². The number of aliphatic hydroxyl groups is 1. The number of carbonyl (C=O) groups is 1. The summed E-state index contributed by atoms with van der Waals surface area (Å²) in [7, 11) is 0. The van der Waals surface area contributed by atoms with E-state index < -0.39 is 0 Å². The van der Waals surface area contributed by atoms with E-state index in [9.17, 15) is 9.90 Å². The SMILES string of the molecule is CCN1CCN(CC(C)CNC(=O)N2CCC(C(C)O)CC2)CC1. The normalized spacial score (nSPS) is 23.9. The molecule has 0 aliphatic carbocycles. The van der Waals surface area contributed by atoms with Crippen LogP contribution in [0.2, 0.25) is 0 Å². The Morgan fingerprint density at radius 2 is 1.67 bits per heavy atom. The van der Waals surface area contributed by atoms with Gasteiger partial charge in [-0.25, -0.2) is 4.79 Å². The first-order valence-electron chi connectivity index (χ1n) is 9.65. The molecule has 2 aliphatic heterocycles. The van der Waals surface area contributed by atoms with E-state index in [1.807, 2.05) is 11.8 Å². The van der Waals surface area contributed by atoms with E-state index in [1.165, 1.54) is 0 Å². The number of amides is 2. The predicted molar refractivity (Wildman–Crippen MR) is 97.1 cm³/mol. The number of hydrogen-bond donors (Lipinski definition) is 2. The summed E-state index contributed by atoms with van der Waals surface area (Å²) < 4.78 is 0. The second-order valence-corrected chi connectivity index (χ2v) is 7.59. The molecule has 2 atom stereocenters. The van der Waals surface area contributed by atoms with E-state index in [1.54, 1.807) is 0 Å². The van der Waals surface area contributed by atoms with E-state index in [0.717, 1.165) is 71.7 Å². The Kier molecular flexibility index (Phi) is 7.78. The highest BCUT2D eigenvalue weighted by Gasteiger charge is 2.25. The zero-order valence-corrected chi connectivity index (χ0v) is 15.7. The summed E-state index contributed by atoms with van der Waals surface area (Å²) in [5.41, 5.74) is 0. The van der Waals surface area contributed by atoms with Gasteiger partial charge in [-0.3, -0.25) is 0 Å². The Hall–Kier alpha value is -0.850. The zero-order valence-electron chi connectivity index (χ0n) is 15.7. The number of hydrogen-bond acceptors (Lipinski definition) is 4. The molecule has 6 nitrogen and oxygen atoms in total. The smallest absolute Gasteiger partial charge is 0.317 e. The van der Waals surface area contributed by atoms with E-state index in [4.69, 9.17) is 0 Å². The molecule has 0 aromatic heterocycles. The van der Waals surface area contributed by atoms with Crippen LogP contribution in [0.3, 0.4) is 0 Å². The first kappa shape index (κ1) is 19.5. The minimum absolute atomic E-state index is 0.0571. The molecule has 2 rings (SSSR count). The molecule has 2 heterocycles. The number of likely N-dealkylation sites (N-methyl/N-ethyl adjacent to an activating group) is 1. The number of urea groups is 1. The number of nitrogens with zero attached hydrogens (tertiary/aromatic N) is 3. The van der Waals surface area contributed by atoms with Crippen LogP contribution in [0.25, 0.3) is 0 Å². The van der Waals surface area contributed by atoms with Gasteiger partial charge in [0.25, 0.3) is 0 Å². The summed E-state index contributed by atoms with van der Waals surface area (Å²) >= 11 is 0. The van der Waals surface area contributed by atoms with Crippen molar-refractivity contribution in [1.29, 1.82) is 0 Å². The Labute approximate surface area is 147 Å². The Balaban J connectivity index is 1.61. The van der Waals surface area contributed by atoms with Gasteiger partial charge in [0.05, 0.1) is 6.10 Å². The van der Waals surface area contributed by atoms with Gasteiger partial charge in [0, 0.05) is 52.4 Å². The lowest BCUT2D eigenvalue weighted by Gasteiger charge is -2.36. The van der Waals surface area contributed by atoms with E-state index in [2.05, 4.69) is 29.0 Å². The summed E-state index contributed by atoms with van der Waals surface area (Å²) in [4.78, 5) is 19.2. The van der Waals surface area contributed by atoms with Gasteiger partial charge >= 0.3 is 6.03 Å². The number of carbonyl (C=O) groups excluding carboxylic acids is 1. The van der Waals surface area contributed by atoms with Crippen molar-refractivity contribution in [3.63, 3.8) is 0 Å². The maximum Gasteiger partial charge on any atom is 0.317 e. The van der Waals surface area contributed by atoms with E-state index >= 15 is 0 Å². The highest BCUT2D eigenvalue weighted by Crippen LogP contribution is 2.20. The van der Waals surface area contributed by atoms with Gasteiger partial charge in [0.15, 0.2) is 0 Å². The van der Waals surface area contributed by atoms with Crippen molar-refractivity contribution in [2.24, 2.45) is 11.8 Å². The summed E-state index contributed by atoms with van der Waals surface area (Å²) in [6, 6.07) is 0.0571. The van der Waals surface area contributed by atoms with Crippen molar-refractivity contribution in [3.05, 3.63) is 0 Å². The van der Waals surface area contributed by atoms with Gasteiger partial charge in [0.2, 0.25) is 0 Å². The number of piperazine rings is 1. The Morgan fingerprint density at radius 3 is 2.21 bits per heavy atom. The molecule has 24 heavy (non-hydrogen) atoms. The lowest BCUT2D eigenvalue weighted by Crippen LogP contribution is -2.49. The Bertz CT molecular complexity index is 375. The summed E-state index contributed by atoms with van der Waals surface area (Å²) in [5, 5.41) is 12.7. The van der Waals surface area contributed by atoms with Gasteiger partial charge in [-0.05, 0) is 38.1 Å². The van der Waals surface area contributed by atoms with Crippen molar-refractivity contribution in [2.45, 2.75) is 39.7 Å². The molecular formula is C18H36N4O2. The van der Waals surface area contributed by atoms with Gasteiger partial charge < -0.3 is 25.1 Å². The number of aliphatic hydroxyl groups excluding tert-OH is 1. The van der Waals surface area contributed by atoms with E-state index in [0.29, 0.717) is 11.8 Å². The molecule has 6 heteroatoms. The topological polar surface area (TPSA) is 59.0 Å². The highest BCUT2D eigenvalue weighted by molar-refractivity contribution is 5.74. The fraction of sp³-hybridized carbons (Fsp3) is 0.944. The molecular weight excluding hydrogens is 304 g/mol. The predicted octanol–water partition coefficient (Wildman–Crippen LogP) is 1.06. The minimum Gasteiger partial charge on any atom is -0.393 e. The minimum atomic E-state index is -0.261. The second-order valence-electron chi connectivity index (χ2n) is 7.59. The highest BCUT2D eigenvalue weighted by atomic mass is 16.3. The van der Waals surface area contributed by atoms with Gasteiger partial charge in [-0.2, -0.15) is 0 Å². The van der Waals surface area contributed by atoms with Crippen molar-refractivity contribution in [2.75, 3.05) is 58.9 Å². The molecule has 0 saturated carbocycles. The summed E-state index contributed by atoms with van der Waals surface area (Å²) in [6.07, 6.45) is 1.55. The van der Waals surface area contributed by atoms with Crippen LogP contribution in [0.1, 0.15) is 33.6 Å². The van der Waals surface area contributed by atoms with Crippen molar-refractivity contribution >= 4 is 6.03 Å². The molecule has 0 aromatic carbocycles. The Morgan fingerprint density at radius 1 is 1.08 bits per heavy atom. The van der Waals surface area contributed by atoms with Crippen molar-refractivity contribution in [3.8, 4) is 0 Å². The van der Waals surface area contributed by atoms with Gasteiger partial charge in [-0.1, -0.05) is 13.8 Å². The average molecular weight is 341 g/mol. The maximum atomic E-state index is 12.3. The van der Waals surface area contributed by atoms with Crippen LogP contribution in [-0.4, -0.2) is 90.8 Å². The van der Waals surface area contributed by atoms with Crippen molar-refractivity contribution < 1.29 is 9.90 Å². The third kappa shape index (κ3) is 5.90. The summed E-state index contributed by atoms with van der Waals surface area (Å²) in [5.74, 6) is 0.812. The molecule has 140 valence electrons. The maximum absolute atomic E-state index is 12.3. The number of piperidine rings is 1.